The van der Waals surface area contributed by atoms with Gasteiger partial charge in [0.05, 0.1) is 17.4 Å². The van der Waals surface area contributed by atoms with E-state index in [0.717, 1.165) is 22.5 Å². The Kier molecular flexibility index (Phi) is 4.78. The maximum absolute atomic E-state index is 10.8. The summed E-state index contributed by atoms with van der Waals surface area (Å²) in [6.45, 7) is 0. The van der Waals surface area contributed by atoms with E-state index in [1.165, 1.54) is 6.07 Å². The van der Waals surface area contributed by atoms with Gasteiger partial charge in [0.25, 0.3) is 0 Å². The predicted molar refractivity (Wildman–Crippen MR) is 108 cm³/mol. The lowest BCUT2D eigenvalue weighted by Gasteiger charge is -2.00. The number of benzene rings is 2. The van der Waals surface area contributed by atoms with Crippen molar-refractivity contribution in [3.8, 4) is 16.9 Å². The van der Waals surface area contributed by atoms with Crippen LogP contribution in [0.5, 0.6) is 0 Å². The molecule has 0 N–H and O–H groups in total. The van der Waals surface area contributed by atoms with Crippen LogP contribution in [0.4, 0.5) is 5.88 Å². The van der Waals surface area contributed by atoms with Crippen LogP contribution < -0.4 is 0 Å². The first-order chi connectivity index (χ1) is 13.6. The lowest BCUT2D eigenvalue weighted by atomic mass is 10.1. The van der Waals surface area contributed by atoms with Crippen LogP contribution in [0.3, 0.4) is 0 Å². The topological polar surface area (TPSA) is 74.1 Å². The Labute approximate surface area is 165 Å². The van der Waals surface area contributed by atoms with Crippen LogP contribution in [0.15, 0.2) is 77.3 Å². The van der Waals surface area contributed by atoms with Gasteiger partial charge in [0.2, 0.25) is 0 Å². The minimum absolute atomic E-state index is 0.294. The number of nitro groups is 1. The molecule has 0 aliphatic carbocycles. The second kappa shape index (κ2) is 7.54. The zero-order valence-electron chi connectivity index (χ0n) is 14.5. The lowest BCUT2D eigenvalue weighted by Crippen LogP contribution is -1.93. The summed E-state index contributed by atoms with van der Waals surface area (Å²) in [4.78, 5) is 10.2. The normalized spacial score (nSPS) is 11.2. The maximum Gasteiger partial charge on any atom is 0.433 e. The molecule has 0 saturated carbocycles. The average Bonchev–Trinajstić information content (AvgIpc) is 3.35. The van der Waals surface area contributed by atoms with E-state index in [4.69, 9.17) is 21.1 Å². The smallest absolute Gasteiger partial charge is 0.401 e. The van der Waals surface area contributed by atoms with Crippen molar-refractivity contribution in [2.75, 3.05) is 0 Å². The second-order valence-electron chi connectivity index (χ2n) is 5.99. The summed E-state index contributed by atoms with van der Waals surface area (Å²) in [5, 5.41) is 16.1. The molecule has 2 aromatic carbocycles. The van der Waals surface area contributed by atoms with Crippen LogP contribution in [-0.2, 0) is 0 Å². The molecule has 0 amide bonds. The van der Waals surface area contributed by atoms with Crippen molar-refractivity contribution in [1.29, 1.82) is 0 Å². The van der Waals surface area contributed by atoms with Gasteiger partial charge < -0.3 is 4.42 Å². The van der Waals surface area contributed by atoms with Crippen LogP contribution >= 0.6 is 11.6 Å². The molecule has 7 heteroatoms. The summed E-state index contributed by atoms with van der Waals surface area (Å²) in [5.41, 5.74) is 3.43. The Morgan fingerprint density at radius 1 is 1.00 bits per heavy atom. The number of halogens is 1. The van der Waals surface area contributed by atoms with Crippen molar-refractivity contribution in [1.82, 2.24) is 9.78 Å². The molecular formula is C21H14ClN3O3. The third kappa shape index (κ3) is 3.72. The quantitative estimate of drug-likeness (QED) is 0.315. The Morgan fingerprint density at radius 3 is 2.43 bits per heavy atom. The molecule has 0 atom stereocenters. The first kappa shape index (κ1) is 17.8. The fourth-order valence-corrected chi connectivity index (χ4v) is 2.88. The summed E-state index contributed by atoms with van der Waals surface area (Å²) in [5.74, 6) is 0.0961. The summed E-state index contributed by atoms with van der Waals surface area (Å²) in [7, 11) is 0. The zero-order chi connectivity index (χ0) is 19.5. The predicted octanol–water partition coefficient (Wildman–Crippen LogP) is 5.86. The Balaban J connectivity index is 1.75. The molecule has 0 aliphatic rings. The second-order valence-corrected chi connectivity index (χ2v) is 6.42. The van der Waals surface area contributed by atoms with Crippen LogP contribution in [0.1, 0.15) is 11.3 Å². The summed E-state index contributed by atoms with van der Waals surface area (Å²) in [6.07, 6.45) is 5.39. The van der Waals surface area contributed by atoms with E-state index < -0.39 is 4.92 Å². The van der Waals surface area contributed by atoms with Crippen molar-refractivity contribution < 1.29 is 9.34 Å². The average molecular weight is 392 g/mol. The fraction of sp³-hybridized carbons (Fsp3) is 0. The maximum atomic E-state index is 10.8. The molecule has 0 aliphatic heterocycles. The first-order valence-electron chi connectivity index (χ1n) is 8.43. The molecule has 6 nitrogen and oxygen atoms in total. The van der Waals surface area contributed by atoms with Gasteiger partial charge in [-0.2, -0.15) is 5.10 Å². The summed E-state index contributed by atoms with van der Waals surface area (Å²) in [6, 6.07) is 20.0. The number of hydrogen-bond acceptors (Lipinski definition) is 4. The molecule has 2 heterocycles. The van der Waals surface area contributed by atoms with Gasteiger partial charge in [0.1, 0.15) is 10.7 Å². The number of para-hydroxylation sites is 1. The highest BCUT2D eigenvalue weighted by Gasteiger charge is 2.12. The van der Waals surface area contributed by atoms with E-state index in [-0.39, 0.29) is 5.88 Å². The highest BCUT2D eigenvalue weighted by Crippen LogP contribution is 2.27. The van der Waals surface area contributed by atoms with E-state index in [2.05, 4.69) is 0 Å². The Morgan fingerprint density at radius 2 is 1.75 bits per heavy atom. The third-order valence-electron chi connectivity index (χ3n) is 4.10. The molecule has 0 saturated heterocycles. The van der Waals surface area contributed by atoms with E-state index in [0.29, 0.717) is 10.8 Å². The van der Waals surface area contributed by atoms with E-state index in [1.54, 1.807) is 16.8 Å². The lowest BCUT2D eigenvalue weighted by molar-refractivity contribution is -0.402. The van der Waals surface area contributed by atoms with E-state index in [9.17, 15) is 10.1 Å². The van der Waals surface area contributed by atoms with Gasteiger partial charge in [0, 0.05) is 22.3 Å². The zero-order valence-corrected chi connectivity index (χ0v) is 15.3. The van der Waals surface area contributed by atoms with Crippen molar-refractivity contribution in [3.05, 3.63) is 99.4 Å². The minimum atomic E-state index is -0.566. The highest BCUT2D eigenvalue weighted by atomic mass is 35.5. The number of nitrogens with zero attached hydrogens (tertiary/aromatic N) is 3. The number of aromatic nitrogens is 2. The standard InChI is InChI=1S/C21H14ClN3O3/c22-17-9-6-15(7-10-17)21-16(8-11-19-12-13-20(28-19)25(26)27)14-24(23-21)18-4-2-1-3-5-18/h1-14H/b11-8+. The molecule has 0 spiro atoms. The van der Waals surface area contributed by atoms with Gasteiger partial charge >= 0.3 is 5.88 Å². The Bertz CT molecular complexity index is 1150. The Hall–Kier alpha value is -3.64. The monoisotopic (exact) mass is 391 g/mol. The van der Waals surface area contributed by atoms with Crippen LogP contribution in [0.2, 0.25) is 5.02 Å². The largest absolute Gasteiger partial charge is 0.433 e. The molecular weight excluding hydrogens is 378 g/mol. The first-order valence-corrected chi connectivity index (χ1v) is 8.81. The molecule has 4 aromatic rings. The van der Waals surface area contributed by atoms with Gasteiger partial charge in [-0.1, -0.05) is 41.9 Å². The van der Waals surface area contributed by atoms with Gasteiger partial charge in [0.15, 0.2) is 0 Å². The highest BCUT2D eigenvalue weighted by molar-refractivity contribution is 6.30. The molecule has 0 fully saturated rings. The van der Waals surface area contributed by atoms with Gasteiger partial charge in [-0.05, 0) is 42.5 Å². The number of furan rings is 1. The van der Waals surface area contributed by atoms with Crippen molar-refractivity contribution in [3.63, 3.8) is 0 Å². The number of rotatable bonds is 5. The van der Waals surface area contributed by atoms with Crippen molar-refractivity contribution >= 4 is 29.6 Å². The van der Waals surface area contributed by atoms with E-state index >= 15 is 0 Å². The minimum Gasteiger partial charge on any atom is -0.401 e. The van der Waals surface area contributed by atoms with E-state index in [1.807, 2.05) is 66.9 Å². The summed E-state index contributed by atoms with van der Waals surface area (Å²) >= 11 is 6.00. The van der Waals surface area contributed by atoms with Gasteiger partial charge in [-0.25, -0.2) is 4.68 Å². The van der Waals surface area contributed by atoms with Crippen molar-refractivity contribution in [2.24, 2.45) is 0 Å². The molecule has 28 heavy (non-hydrogen) atoms. The third-order valence-corrected chi connectivity index (χ3v) is 4.35. The fourth-order valence-electron chi connectivity index (χ4n) is 2.76. The van der Waals surface area contributed by atoms with Crippen molar-refractivity contribution in [2.45, 2.75) is 0 Å². The molecule has 0 unspecified atom stereocenters. The molecule has 2 aromatic heterocycles. The summed E-state index contributed by atoms with van der Waals surface area (Å²) < 4.78 is 6.97. The SMILES string of the molecule is O=[N+]([O-])c1ccc(/C=C/c2cn(-c3ccccc3)nc2-c2ccc(Cl)cc2)o1. The number of hydrogen-bond donors (Lipinski definition) is 0. The van der Waals surface area contributed by atoms with Gasteiger partial charge in [-0.3, -0.25) is 10.1 Å². The molecule has 0 radical (unpaired) electrons. The molecule has 4 rings (SSSR count). The van der Waals surface area contributed by atoms with Gasteiger partial charge in [-0.15, -0.1) is 0 Å². The van der Waals surface area contributed by atoms with Crippen LogP contribution in [-0.4, -0.2) is 14.7 Å². The van der Waals surface area contributed by atoms with Crippen LogP contribution in [0.25, 0.3) is 29.1 Å². The molecule has 138 valence electrons. The molecule has 0 bridgehead atoms. The van der Waals surface area contributed by atoms with Crippen LogP contribution in [0, 0.1) is 10.1 Å².